The third kappa shape index (κ3) is 3.77. The Morgan fingerprint density at radius 3 is 2.67 bits per heavy atom. The quantitative estimate of drug-likeness (QED) is 0.639. The summed E-state index contributed by atoms with van der Waals surface area (Å²) >= 11 is 1.44. The number of benzene rings is 1. The van der Waals surface area contributed by atoms with Crippen molar-refractivity contribution < 1.29 is 14.0 Å². The van der Waals surface area contributed by atoms with Gasteiger partial charge in [0.05, 0.1) is 10.9 Å². The zero-order chi connectivity index (χ0) is 21.3. The Kier molecular flexibility index (Phi) is 5.72. The molecule has 6 nitrogen and oxygen atoms in total. The van der Waals surface area contributed by atoms with Crippen molar-refractivity contribution in [3.63, 3.8) is 0 Å². The van der Waals surface area contributed by atoms with E-state index in [1.54, 1.807) is 12.1 Å². The summed E-state index contributed by atoms with van der Waals surface area (Å²) in [5, 5.41) is 6.64. The number of anilines is 1. The molecule has 1 aromatic carbocycles. The Morgan fingerprint density at radius 1 is 1.10 bits per heavy atom. The van der Waals surface area contributed by atoms with E-state index in [1.807, 2.05) is 19.9 Å². The van der Waals surface area contributed by atoms with Crippen molar-refractivity contribution in [3.05, 3.63) is 61.8 Å². The van der Waals surface area contributed by atoms with Crippen LogP contribution in [0, 0.1) is 0 Å². The van der Waals surface area contributed by atoms with Gasteiger partial charge in [0.1, 0.15) is 10.6 Å². The number of amides is 2. The van der Waals surface area contributed by atoms with Gasteiger partial charge in [-0.05, 0) is 62.3 Å². The highest BCUT2D eigenvalue weighted by molar-refractivity contribution is 7.17. The van der Waals surface area contributed by atoms with Gasteiger partial charge in [-0.1, -0.05) is 13.0 Å². The van der Waals surface area contributed by atoms with E-state index in [1.165, 1.54) is 17.4 Å². The van der Waals surface area contributed by atoms with Crippen LogP contribution >= 0.6 is 11.3 Å². The summed E-state index contributed by atoms with van der Waals surface area (Å²) in [6.45, 7) is 4.39. The number of fused-ring (bicyclic) bond motifs is 2. The summed E-state index contributed by atoms with van der Waals surface area (Å²) in [6.07, 6.45) is 4.66. The van der Waals surface area contributed by atoms with Crippen LogP contribution in [0.1, 0.15) is 63.6 Å². The Bertz CT molecular complexity index is 1190. The lowest BCUT2D eigenvalue weighted by Crippen LogP contribution is -2.25. The SMILES string of the molecule is CCNC(=O)c1c(NC(=O)c2cc(=O)c3cc(CC)ccc3o2)sc2c1CCCC2. The molecule has 0 spiro atoms. The Labute approximate surface area is 178 Å². The van der Waals surface area contributed by atoms with Gasteiger partial charge in [0.2, 0.25) is 0 Å². The average molecular weight is 425 g/mol. The maximum Gasteiger partial charge on any atom is 0.292 e. The molecule has 1 aliphatic carbocycles. The van der Waals surface area contributed by atoms with E-state index in [0.29, 0.717) is 28.1 Å². The Balaban J connectivity index is 1.69. The summed E-state index contributed by atoms with van der Waals surface area (Å²) in [5.41, 5.74) is 2.72. The fraction of sp³-hybridized carbons (Fsp3) is 0.348. The van der Waals surface area contributed by atoms with Crippen molar-refractivity contribution in [3.8, 4) is 0 Å². The summed E-state index contributed by atoms with van der Waals surface area (Å²) < 4.78 is 5.72. The van der Waals surface area contributed by atoms with E-state index in [-0.39, 0.29) is 17.1 Å². The molecule has 0 bridgehead atoms. The number of aryl methyl sites for hydroxylation is 2. The van der Waals surface area contributed by atoms with Crippen LogP contribution < -0.4 is 16.1 Å². The molecule has 156 valence electrons. The monoisotopic (exact) mass is 424 g/mol. The molecule has 1 aliphatic rings. The van der Waals surface area contributed by atoms with Crippen LogP contribution in [0.4, 0.5) is 5.00 Å². The minimum Gasteiger partial charge on any atom is -0.451 e. The summed E-state index contributed by atoms with van der Waals surface area (Å²) in [6, 6.07) is 6.61. The minimum atomic E-state index is -0.530. The topological polar surface area (TPSA) is 88.4 Å². The van der Waals surface area contributed by atoms with Gasteiger partial charge >= 0.3 is 0 Å². The minimum absolute atomic E-state index is 0.0648. The zero-order valence-corrected chi connectivity index (χ0v) is 17.9. The van der Waals surface area contributed by atoms with Gasteiger partial charge in [0.15, 0.2) is 11.2 Å². The number of hydrogen-bond donors (Lipinski definition) is 2. The predicted octanol–water partition coefficient (Wildman–Crippen LogP) is 4.30. The van der Waals surface area contributed by atoms with E-state index in [0.717, 1.165) is 48.1 Å². The third-order valence-corrected chi connectivity index (χ3v) is 6.59. The molecule has 3 aromatic rings. The van der Waals surface area contributed by atoms with Gasteiger partial charge in [-0.2, -0.15) is 0 Å². The highest BCUT2D eigenvalue weighted by Crippen LogP contribution is 2.38. The molecule has 0 aliphatic heterocycles. The summed E-state index contributed by atoms with van der Waals surface area (Å²) in [4.78, 5) is 39.3. The second-order valence-electron chi connectivity index (χ2n) is 7.39. The summed E-state index contributed by atoms with van der Waals surface area (Å²) in [7, 11) is 0. The normalized spacial score (nSPS) is 13.1. The average Bonchev–Trinajstić information content (AvgIpc) is 3.11. The number of carbonyl (C=O) groups excluding carboxylic acids is 2. The van der Waals surface area contributed by atoms with E-state index in [4.69, 9.17) is 4.42 Å². The largest absolute Gasteiger partial charge is 0.451 e. The van der Waals surface area contributed by atoms with E-state index < -0.39 is 5.91 Å². The molecule has 0 saturated heterocycles. The van der Waals surface area contributed by atoms with Crippen molar-refractivity contribution in [1.29, 1.82) is 0 Å². The van der Waals surface area contributed by atoms with Crippen LogP contribution in [0.2, 0.25) is 0 Å². The van der Waals surface area contributed by atoms with E-state index in [2.05, 4.69) is 10.6 Å². The van der Waals surface area contributed by atoms with Crippen molar-refractivity contribution in [1.82, 2.24) is 5.32 Å². The van der Waals surface area contributed by atoms with Crippen LogP contribution in [0.3, 0.4) is 0 Å². The van der Waals surface area contributed by atoms with Crippen molar-refractivity contribution in [2.24, 2.45) is 0 Å². The van der Waals surface area contributed by atoms with Gasteiger partial charge in [0, 0.05) is 17.5 Å². The summed E-state index contributed by atoms with van der Waals surface area (Å²) in [5.74, 6) is -0.776. The standard InChI is InChI=1S/C23H24N2O4S/c1-3-13-9-10-17-15(11-13)16(26)12-18(29-17)21(27)25-23-20(22(28)24-4-2)14-7-5-6-8-19(14)30-23/h9-12H,3-8H2,1-2H3,(H,24,28)(H,25,27). The number of carbonyl (C=O) groups is 2. The maximum absolute atomic E-state index is 12.9. The third-order valence-electron chi connectivity index (χ3n) is 5.39. The molecule has 0 unspecified atom stereocenters. The lowest BCUT2D eigenvalue weighted by Gasteiger charge is -2.12. The Hall–Kier alpha value is -2.93. The van der Waals surface area contributed by atoms with Crippen LogP contribution in [0.15, 0.2) is 33.5 Å². The number of rotatable bonds is 5. The molecule has 0 fully saturated rings. The molecule has 2 heterocycles. The van der Waals surface area contributed by atoms with Crippen LogP contribution in [-0.2, 0) is 19.3 Å². The highest BCUT2D eigenvalue weighted by Gasteiger charge is 2.27. The lowest BCUT2D eigenvalue weighted by atomic mass is 9.95. The van der Waals surface area contributed by atoms with Gasteiger partial charge in [0.25, 0.3) is 11.8 Å². The van der Waals surface area contributed by atoms with Gasteiger partial charge in [-0.15, -0.1) is 11.3 Å². The molecular formula is C23H24N2O4S. The van der Waals surface area contributed by atoms with E-state index in [9.17, 15) is 14.4 Å². The second-order valence-corrected chi connectivity index (χ2v) is 8.49. The fourth-order valence-corrected chi connectivity index (χ4v) is 5.12. The molecule has 0 atom stereocenters. The first kappa shape index (κ1) is 20.3. The lowest BCUT2D eigenvalue weighted by molar-refractivity contribution is 0.0956. The van der Waals surface area contributed by atoms with Crippen molar-refractivity contribution in [2.45, 2.75) is 46.0 Å². The highest BCUT2D eigenvalue weighted by atomic mass is 32.1. The molecule has 30 heavy (non-hydrogen) atoms. The molecular weight excluding hydrogens is 400 g/mol. The molecule has 0 saturated carbocycles. The van der Waals surface area contributed by atoms with Gasteiger partial charge in [-0.25, -0.2) is 0 Å². The zero-order valence-electron chi connectivity index (χ0n) is 17.1. The molecule has 2 aromatic heterocycles. The first-order valence-corrected chi connectivity index (χ1v) is 11.1. The second kappa shape index (κ2) is 8.44. The molecule has 0 radical (unpaired) electrons. The van der Waals surface area contributed by atoms with Crippen molar-refractivity contribution in [2.75, 3.05) is 11.9 Å². The Morgan fingerprint density at radius 2 is 1.90 bits per heavy atom. The molecule has 7 heteroatoms. The number of thiophene rings is 1. The van der Waals surface area contributed by atoms with E-state index >= 15 is 0 Å². The molecule has 2 amide bonds. The fourth-order valence-electron chi connectivity index (χ4n) is 3.84. The first-order chi connectivity index (χ1) is 14.5. The van der Waals surface area contributed by atoms with Crippen LogP contribution in [0.5, 0.6) is 0 Å². The van der Waals surface area contributed by atoms with Crippen molar-refractivity contribution >= 4 is 39.1 Å². The number of hydrogen-bond acceptors (Lipinski definition) is 5. The van der Waals surface area contributed by atoms with Gasteiger partial charge in [-0.3, -0.25) is 14.4 Å². The smallest absolute Gasteiger partial charge is 0.292 e. The van der Waals surface area contributed by atoms with Crippen LogP contribution in [0.25, 0.3) is 11.0 Å². The van der Waals surface area contributed by atoms with Gasteiger partial charge < -0.3 is 15.1 Å². The number of nitrogens with one attached hydrogen (secondary N) is 2. The predicted molar refractivity (Wildman–Crippen MR) is 119 cm³/mol. The first-order valence-electron chi connectivity index (χ1n) is 10.3. The maximum atomic E-state index is 12.9. The molecule has 4 rings (SSSR count). The van der Waals surface area contributed by atoms with Crippen LogP contribution in [-0.4, -0.2) is 18.4 Å². The molecule has 2 N–H and O–H groups in total.